The summed E-state index contributed by atoms with van der Waals surface area (Å²) in [6, 6.07) is 0. The van der Waals surface area contributed by atoms with E-state index in [4.69, 9.17) is 9.47 Å². The smallest absolute Gasteiger partial charge is 0.306 e. The van der Waals surface area contributed by atoms with Gasteiger partial charge in [-0.1, -0.05) is 187 Å². The molecule has 0 radical (unpaired) electrons. The first-order valence-corrected chi connectivity index (χ1v) is 18.6. The Kier molecular flexibility index (Phi) is 35.1. The molecular formula is C37H74O4. The van der Waals surface area contributed by atoms with Crippen LogP contribution in [0.2, 0.25) is 0 Å². The molecule has 0 heterocycles. The van der Waals surface area contributed by atoms with Crippen LogP contribution in [-0.2, 0) is 14.3 Å². The second-order valence-electron chi connectivity index (χ2n) is 12.7. The first kappa shape index (κ1) is 40.4. The van der Waals surface area contributed by atoms with E-state index < -0.39 is 6.10 Å². The minimum atomic E-state index is -0.523. The van der Waals surface area contributed by atoms with E-state index in [-0.39, 0.29) is 12.6 Å². The molecule has 0 aliphatic heterocycles. The molecule has 1 atom stereocenters. The van der Waals surface area contributed by atoms with Crippen LogP contribution in [-0.4, -0.2) is 37.0 Å². The number of carbonyl (C=O) groups excluding carboxylic acids is 1. The van der Waals surface area contributed by atoms with Crippen molar-refractivity contribution in [2.75, 3.05) is 19.8 Å². The predicted molar refractivity (Wildman–Crippen MR) is 178 cm³/mol. The summed E-state index contributed by atoms with van der Waals surface area (Å²) in [5.74, 6) is -0.196. The maximum atomic E-state index is 12.1. The van der Waals surface area contributed by atoms with E-state index in [1.807, 2.05) is 0 Å². The molecule has 0 aliphatic rings. The van der Waals surface area contributed by atoms with Crippen molar-refractivity contribution < 1.29 is 19.4 Å². The monoisotopic (exact) mass is 583 g/mol. The van der Waals surface area contributed by atoms with E-state index in [9.17, 15) is 9.90 Å². The SMILES string of the molecule is CCCCCCCCCCCCCCCCCOCC(CO)OC(=O)CCCCCCCCCCCCCCCC. The predicted octanol–water partition coefficient (Wildman–Crippen LogP) is 11.6. The van der Waals surface area contributed by atoms with Gasteiger partial charge in [-0.2, -0.15) is 0 Å². The Balaban J connectivity index is 3.38. The molecule has 0 aliphatic carbocycles. The highest BCUT2D eigenvalue weighted by atomic mass is 16.6. The molecule has 0 aromatic carbocycles. The molecule has 0 saturated heterocycles. The van der Waals surface area contributed by atoms with E-state index in [0.717, 1.165) is 19.3 Å². The Hall–Kier alpha value is -0.610. The van der Waals surface area contributed by atoms with Gasteiger partial charge in [0.1, 0.15) is 6.10 Å². The first-order valence-electron chi connectivity index (χ1n) is 18.6. The lowest BCUT2D eigenvalue weighted by Gasteiger charge is -2.16. The topological polar surface area (TPSA) is 55.8 Å². The zero-order chi connectivity index (χ0) is 29.9. The second kappa shape index (κ2) is 35.6. The van der Waals surface area contributed by atoms with E-state index in [0.29, 0.717) is 19.6 Å². The van der Waals surface area contributed by atoms with Gasteiger partial charge >= 0.3 is 5.97 Å². The number of aliphatic hydroxyl groups is 1. The van der Waals surface area contributed by atoms with Crippen molar-refractivity contribution >= 4 is 5.97 Å². The van der Waals surface area contributed by atoms with Crippen LogP contribution in [0.25, 0.3) is 0 Å². The molecule has 41 heavy (non-hydrogen) atoms. The summed E-state index contributed by atoms with van der Waals surface area (Å²) in [5.41, 5.74) is 0. The normalized spacial score (nSPS) is 12.2. The van der Waals surface area contributed by atoms with E-state index in [1.54, 1.807) is 0 Å². The molecular weight excluding hydrogens is 508 g/mol. The fourth-order valence-electron chi connectivity index (χ4n) is 5.62. The number of esters is 1. The van der Waals surface area contributed by atoms with Crippen molar-refractivity contribution in [3.8, 4) is 0 Å². The van der Waals surface area contributed by atoms with E-state index in [1.165, 1.54) is 167 Å². The Bertz CT molecular complexity index is 495. The summed E-state index contributed by atoms with van der Waals surface area (Å²) in [4.78, 5) is 12.1. The Morgan fingerprint density at radius 1 is 0.488 bits per heavy atom. The fraction of sp³-hybridized carbons (Fsp3) is 0.973. The van der Waals surface area contributed by atoms with Crippen LogP contribution in [0.3, 0.4) is 0 Å². The van der Waals surface area contributed by atoms with Gasteiger partial charge in [-0.25, -0.2) is 0 Å². The Morgan fingerprint density at radius 2 is 0.805 bits per heavy atom. The lowest BCUT2D eigenvalue weighted by Crippen LogP contribution is -2.27. The largest absolute Gasteiger partial charge is 0.457 e. The standard InChI is InChI=1S/C37H74O4/c1-3-5-7-9-11-13-15-17-19-21-23-25-27-29-31-33-40-35-36(34-38)41-37(39)32-30-28-26-24-22-20-18-16-14-12-10-8-6-4-2/h36,38H,3-35H2,1-2H3. The van der Waals surface area contributed by atoms with Crippen molar-refractivity contribution in [1.29, 1.82) is 0 Å². The summed E-state index contributed by atoms with van der Waals surface area (Å²) >= 11 is 0. The van der Waals surface area contributed by atoms with Gasteiger partial charge in [0, 0.05) is 13.0 Å². The molecule has 0 fully saturated rings. The highest BCUT2D eigenvalue weighted by molar-refractivity contribution is 5.69. The minimum absolute atomic E-state index is 0.163. The Labute approximate surface area is 257 Å². The first-order chi connectivity index (χ1) is 20.2. The summed E-state index contributed by atoms with van der Waals surface area (Å²) in [6.45, 7) is 5.38. The average molecular weight is 583 g/mol. The average Bonchev–Trinajstić information content (AvgIpc) is 2.98. The molecule has 0 amide bonds. The van der Waals surface area contributed by atoms with Gasteiger partial charge in [0.15, 0.2) is 0 Å². The molecule has 0 rings (SSSR count). The number of rotatable bonds is 35. The van der Waals surface area contributed by atoms with Gasteiger partial charge in [0.2, 0.25) is 0 Å². The number of ether oxygens (including phenoxy) is 2. The van der Waals surface area contributed by atoms with E-state index >= 15 is 0 Å². The highest BCUT2D eigenvalue weighted by Gasteiger charge is 2.13. The minimum Gasteiger partial charge on any atom is -0.457 e. The number of hydrogen-bond donors (Lipinski definition) is 1. The van der Waals surface area contributed by atoms with E-state index in [2.05, 4.69) is 13.8 Å². The second-order valence-corrected chi connectivity index (χ2v) is 12.7. The lowest BCUT2D eigenvalue weighted by atomic mass is 10.0. The third kappa shape index (κ3) is 33.8. The molecule has 0 spiro atoms. The van der Waals surface area contributed by atoms with Crippen molar-refractivity contribution in [2.24, 2.45) is 0 Å². The molecule has 246 valence electrons. The van der Waals surface area contributed by atoms with Gasteiger partial charge in [-0.3, -0.25) is 4.79 Å². The summed E-state index contributed by atoms with van der Waals surface area (Å²) < 4.78 is 11.1. The molecule has 4 nitrogen and oxygen atoms in total. The van der Waals surface area contributed by atoms with Crippen LogP contribution in [0.5, 0.6) is 0 Å². The summed E-state index contributed by atoms with van der Waals surface area (Å²) in [5, 5.41) is 9.55. The van der Waals surface area contributed by atoms with Gasteiger partial charge in [-0.05, 0) is 12.8 Å². The van der Waals surface area contributed by atoms with Gasteiger partial charge in [-0.15, -0.1) is 0 Å². The van der Waals surface area contributed by atoms with Gasteiger partial charge < -0.3 is 14.6 Å². The number of aliphatic hydroxyl groups excluding tert-OH is 1. The zero-order valence-corrected chi connectivity index (χ0v) is 28.1. The summed E-state index contributed by atoms with van der Waals surface area (Å²) in [7, 11) is 0. The molecule has 4 heteroatoms. The highest BCUT2D eigenvalue weighted by Crippen LogP contribution is 2.15. The fourth-order valence-corrected chi connectivity index (χ4v) is 5.62. The van der Waals surface area contributed by atoms with Crippen molar-refractivity contribution in [2.45, 2.75) is 213 Å². The van der Waals surface area contributed by atoms with Gasteiger partial charge in [0.25, 0.3) is 0 Å². The number of carbonyl (C=O) groups is 1. The van der Waals surface area contributed by atoms with Crippen LogP contribution in [0.15, 0.2) is 0 Å². The van der Waals surface area contributed by atoms with Crippen LogP contribution < -0.4 is 0 Å². The molecule has 1 N–H and O–H groups in total. The summed E-state index contributed by atoms with van der Waals surface area (Å²) in [6.07, 6.45) is 38.5. The maximum Gasteiger partial charge on any atom is 0.306 e. The van der Waals surface area contributed by atoms with Crippen LogP contribution in [0, 0.1) is 0 Å². The molecule has 0 aromatic rings. The maximum absolute atomic E-state index is 12.1. The number of hydrogen-bond acceptors (Lipinski definition) is 4. The van der Waals surface area contributed by atoms with Gasteiger partial charge in [0.05, 0.1) is 13.2 Å². The molecule has 0 saturated carbocycles. The lowest BCUT2D eigenvalue weighted by molar-refractivity contribution is -0.154. The third-order valence-electron chi connectivity index (χ3n) is 8.43. The zero-order valence-electron chi connectivity index (χ0n) is 28.1. The Morgan fingerprint density at radius 3 is 1.15 bits per heavy atom. The van der Waals surface area contributed by atoms with Crippen LogP contribution >= 0.6 is 0 Å². The molecule has 0 aromatic heterocycles. The molecule has 1 unspecified atom stereocenters. The quantitative estimate of drug-likeness (QED) is 0.0596. The molecule has 0 bridgehead atoms. The van der Waals surface area contributed by atoms with Crippen LogP contribution in [0.1, 0.15) is 206 Å². The van der Waals surface area contributed by atoms with Crippen molar-refractivity contribution in [1.82, 2.24) is 0 Å². The van der Waals surface area contributed by atoms with Crippen molar-refractivity contribution in [3.63, 3.8) is 0 Å². The van der Waals surface area contributed by atoms with Crippen LogP contribution in [0.4, 0.5) is 0 Å². The van der Waals surface area contributed by atoms with Crippen molar-refractivity contribution in [3.05, 3.63) is 0 Å². The number of unbranched alkanes of at least 4 members (excludes halogenated alkanes) is 27. The third-order valence-corrected chi connectivity index (χ3v) is 8.43.